The minimum Gasteiger partial charge on any atom is -0.117 e. The standard InChI is InChI=1S/C16H13Cl3/c17-13-6-5-11(15(18)9-13)8-12-7-10-3-1-2-4-14(10)16(12)19/h1-6,9,12,16H,7-8H2. The zero-order valence-electron chi connectivity index (χ0n) is 10.2. The van der Waals surface area contributed by atoms with Gasteiger partial charge in [0.2, 0.25) is 0 Å². The number of alkyl halides is 1. The van der Waals surface area contributed by atoms with Gasteiger partial charge in [-0.1, -0.05) is 53.5 Å². The summed E-state index contributed by atoms with van der Waals surface area (Å²) in [5.74, 6) is 0.401. The van der Waals surface area contributed by atoms with Gasteiger partial charge in [0.25, 0.3) is 0 Å². The maximum atomic E-state index is 6.57. The number of fused-ring (bicyclic) bond motifs is 1. The molecule has 2 unspecified atom stereocenters. The second kappa shape index (κ2) is 5.36. The summed E-state index contributed by atoms with van der Waals surface area (Å²) in [6, 6.07) is 14.1. The highest BCUT2D eigenvalue weighted by Crippen LogP contribution is 2.42. The van der Waals surface area contributed by atoms with Crippen LogP contribution in [0.3, 0.4) is 0 Å². The van der Waals surface area contributed by atoms with Gasteiger partial charge in [0, 0.05) is 10.0 Å². The molecule has 0 spiro atoms. The van der Waals surface area contributed by atoms with Crippen LogP contribution in [-0.2, 0) is 12.8 Å². The Bertz CT molecular complexity index is 607. The Balaban J connectivity index is 1.83. The lowest BCUT2D eigenvalue weighted by Crippen LogP contribution is -2.07. The Morgan fingerprint density at radius 2 is 1.84 bits per heavy atom. The summed E-state index contributed by atoms with van der Waals surface area (Å²) < 4.78 is 0. The molecule has 0 saturated carbocycles. The average Bonchev–Trinajstić information content (AvgIpc) is 2.70. The molecule has 3 heteroatoms. The maximum absolute atomic E-state index is 6.57. The first-order chi connectivity index (χ1) is 9.15. The largest absolute Gasteiger partial charge is 0.117 e. The van der Waals surface area contributed by atoms with Crippen molar-refractivity contribution in [2.75, 3.05) is 0 Å². The Morgan fingerprint density at radius 3 is 2.58 bits per heavy atom. The van der Waals surface area contributed by atoms with Crippen LogP contribution in [0.15, 0.2) is 42.5 Å². The summed E-state index contributed by atoms with van der Waals surface area (Å²) in [7, 11) is 0. The number of hydrogen-bond donors (Lipinski definition) is 0. The molecule has 0 bridgehead atoms. The van der Waals surface area contributed by atoms with Crippen molar-refractivity contribution in [2.45, 2.75) is 18.2 Å². The van der Waals surface area contributed by atoms with Crippen molar-refractivity contribution in [1.29, 1.82) is 0 Å². The Hall–Kier alpha value is -0.690. The highest BCUT2D eigenvalue weighted by Gasteiger charge is 2.30. The van der Waals surface area contributed by atoms with Gasteiger partial charge in [-0.15, -0.1) is 11.6 Å². The summed E-state index contributed by atoms with van der Waals surface area (Å²) in [4.78, 5) is 0. The molecule has 0 aromatic heterocycles. The molecule has 2 aromatic carbocycles. The third-order valence-corrected chi connectivity index (χ3v) is 4.92. The monoisotopic (exact) mass is 310 g/mol. The summed E-state index contributed by atoms with van der Waals surface area (Å²) in [5, 5.41) is 1.47. The summed E-state index contributed by atoms with van der Waals surface area (Å²) >= 11 is 18.7. The molecular formula is C16H13Cl3. The number of halogens is 3. The van der Waals surface area contributed by atoms with Crippen LogP contribution < -0.4 is 0 Å². The topological polar surface area (TPSA) is 0 Å². The second-order valence-electron chi connectivity index (χ2n) is 5.00. The van der Waals surface area contributed by atoms with Gasteiger partial charge in [0.05, 0.1) is 5.38 Å². The van der Waals surface area contributed by atoms with Crippen molar-refractivity contribution >= 4 is 34.8 Å². The number of rotatable bonds is 2. The molecule has 0 saturated heterocycles. The van der Waals surface area contributed by atoms with Crippen molar-refractivity contribution in [3.8, 4) is 0 Å². The van der Waals surface area contributed by atoms with Crippen molar-refractivity contribution in [1.82, 2.24) is 0 Å². The Morgan fingerprint density at radius 1 is 1.05 bits per heavy atom. The maximum Gasteiger partial charge on any atom is 0.0622 e. The molecule has 2 atom stereocenters. The lowest BCUT2D eigenvalue weighted by Gasteiger charge is -2.15. The summed E-state index contributed by atoms with van der Waals surface area (Å²) in [5.41, 5.74) is 3.74. The highest BCUT2D eigenvalue weighted by atomic mass is 35.5. The van der Waals surface area contributed by atoms with E-state index >= 15 is 0 Å². The molecule has 98 valence electrons. The van der Waals surface area contributed by atoms with Gasteiger partial charge in [-0.3, -0.25) is 0 Å². The quantitative estimate of drug-likeness (QED) is 0.625. The van der Waals surface area contributed by atoms with Gasteiger partial charge in [0.1, 0.15) is 0 Å². The Kier molecular flexibility index (Phi) is 3.75. The van der Waals surface area contributed by atoms with E-state index < -0.39 is 0 Å². The van der Waals surface area contributed by atoms with Gasteiger partial charge in [0.15, 0.2) is 0 Å². The van der Waals surface area contributed by atoms with E-state index in [-0.39, 0.29) is 5.38 Å². The molecule has 0 aliphatic heterocycles. The lowest BCUT2D eigenvalue weighted by molar-refractivity contribution is 0.543. The Labute approximate surface area is 128 Å². The van der Waals surface area contributed by atoms with Crippen LogP contribution in [0.1, 0.15) is 22.1 Å². The average molecular weight is 312 g/mol. The molecule has 1 aliphatic rings. The third-order valence-electron chi connectivity index (χ3n) is 3.75. The molecule has 0 amide bonds. The van der Waals surface area contributed by atoms with Crippen LogP contribution in [0, 0.1) is 5.92 Å². The number of benzene rings is 2. The van der Waals surface area contributed by atoms with Gasteiger partial charge in [-0.05, 0) is 47.6 Å². The van der Waals surface area contributed by atoms with E-state index in [0.717, 1.165) is 23.4 Å². The fraction of sp³-hybridized carbons (Fsp3) is 0.250. The predicted octanol–water partition coefficient (Wildman–Crippen LogP) is 5.69. The van der Waals surface area contributed by atoms with Gasteiger partial charge >= 0.3 is 0 Å². The molecule has 19 heavy (non-hydrogen) atoms. The highest BCUT2D eigenvalue weighted by molar-refractivity contribution is 6.35. The fourth-order valence-electron chi connectivity index (χ4n) is 2.77. The van der Waals surface area contributed by atoms with E-state index in [1.165, 1.54) is 11.1 Å². The molecule has 3 rings (SSSR count). The first kappa shape index (κ1) is 13.3. The van der Waals surface area contributed by atoms with E-state index in [1.54, 1.807) is 6.07 Å². The molecule has 0 fully saturated rings. The van der Waals surface area contributed by atoms with Crippen molar-refractivity contribution in [3.63, 3.8) is 0 Å². The van der Waals surface area contributed by atoms with Crippen molar-refractivity contribution < 1.29 is 0 Å². The van der Waals surface area contributed by atoms with Gasteiger partial charge in [-0.25, -0.2) is 0 Å². The minimum absolute atomic E-state index is 0.0722. The van der Waals surface area contributed by atoms with Crippen LogP contribution in [0.25, 0.3) is 0 Å². The van der Waals surface area contributed by atoms with Crippen LogP contribution in [-0.4, -0.2) is 0 Å². The summed E-state index contributed by atoms with van der Waals surface area (Å²) in [6.45, 7) is 0. The van der Waals surface area contributed by atoms with E-state index in [0.29, 0.717) is 10.9 Å². The normalized spacial score (nSPS) is 21.4. The smallest absolute Gasteiger partial charge is 0.0622 e. The van der Waals surface area contributed by atoms with E-state index in [1.807, 2.05) is 18.2 Å². The van der Waals surface area contributed by atoms with Crippen LogP contribution in [0.5, 0.6) is 0 Å². The van der Waals surface area contributed by atoms with Gasteiger partial charge < -0.3 is 0 Å². The van der Waals surface area contributed by atoms with E-state index in [4.69, 9.17) is 34.8 Å². The molecule has 0 nitrogen and oxygen atoms in total. The van der Waals surface area contributed by atoms with Crippen molar-refractivity contribution in [2.24, 2.45) is 5.92 Å². The van der Waals surface area contributed by atoms with Gasteiger partial charge in [-0.2, -0.15) is 0 Å². The minimum atomic E-state index is 0.0722. The predicted molar refractivity (Wildman–Crippen MR) is 82.4 cm³/mol. The zero-order valence-corrected chi connectivity index (χ0v) is 12.5. The molecule has 0 N–H and O–H groups in total. The summed E-state index contributed by atoms with van der Waals surface area (Å²) in [6.07, 6.45) is 1.90. The van der Waals surface area contributed by atoms with Crippen LogP contribution in [0.2, 0.25) is 10.0 Å². The first-order valence-electron chi connectivity index (χ1n) is 6.31. The van der Waals surface area contributed by atoms with Crippen LogP contribution in [0.4, 0.5) is 0 Å². The molecular weight excluding hydrogens is 299 g/mol. The molecule has 1 aliphatic carbocycles. The van der Waals surface area contributed by atoms with E-state index in [9.17, 15) is 0 Å². The van der Waals surface area contributed by atoms with Crippen LogP contribution >= 0.6 is 34.8 Å². The number of hydrogen-bond acceptors (Lipinski definition) is 0. The first-order valence-corrected chi connectivity index (χ1v) is 7.50. The molecule has 2 aromatic rings. The lowest BCUT2D eigenvalue weighted by atomic mass is 9.96. The van der Waals surface area contributed by atoms with Crippen molar-refractivity contribution in [3.05, 3.63) is 69.2 Å². The van der Waals surface area contributed by atoms with E-state index in [2.05, 4.69) is 18.2 Å². The second-order valence-corrected chi connectivity index (χ2v) is 6.32. The molecule has 0 radical (unpaired) electrons. The third kappa shape index (κ3) is 2.63. The SMILES string of the molecule is Clc1ccc(CC2Cc3ccccc3C2Cl)c(Cl)c1. The fourth-order valence-corrected chi connectivity index (χ4v) is 3.65. The zero-order chi connectivity index (χ0) is 13.4. The molecule has 0 heterocycles.